The zero-order valence-corrected chi connectivity index (χ0v) is 21.0. The van der Waals surface area contributed by atoms with E-state index in [0.717, 1.165) is 18.7 Å². The lowest BCUT2D eigenvalue weighted by Gasteiger charge is -2.44. The van der Waals surface area contributed by atoms with Crippen LogP contribution in [-0.2, 0) is 49.3 Å². The Hall–Kier alpha value is -3.31. The fourth-order valence-corrected chi connectivity index (χ4v) is 4.73. The molecule has 1 fully saturated rings. The van der Waals surface area contributed by atoms with E-state index < -0.39 is 60.2 Å². The maximum Gasteiger partial charge on any atom is 0.303 e. The molecule has 1 aliphatic rings. The van der Waals surface area contributed by atoms with E-state index >= 15 is 0 Å². The number of benzene rings is 1. The van der Waals surface area contributed by atoms with Crippen molar-refractivity contribution in [3.63, 3.8) is 0 Å². The fourth-order valence-electron chi connectivity index (χ4n) is 4.00. The molecule has 3 rings (SSSR count). The minimum Gasteiger partial charge on any atom is -0.463 e. The van der Waals surface area contributed by atoms with Crippen molar-refractivity contribution < 1.29 is 47.3 Å². The summed E-state index contributed by atoms with van der Waals surface area (Å²) >= 11 is 1.48. The molecule has 194 valence electrons. The summed E-state index contributed by atoms with van der Waals surface area (Å²) in [6, 6.07) is 8.06. The molecular formula is C25H27FO9S. The molecule has 0 bridgehead atoms. The van der Waals surface area contributed by atoms with Gasteiger partial charge in [-0.15, -0.1) is 11.3 Å². The first-order valence-corrected chi connectivity index (χ1v) is 12.0. The molecule has 2 heterocycles. The molecule has 36 heavy (non-hydrogen) atoms. The average Bonchev–Trinajstić information content (AvgIpc) is 3.29. The number of carbonyl (C=O) groups is 4. The predicted octanol–water partition coefficient (Wildman–Crippen LogP) is 3.28. The van der Waals surface area contributed by atoms with Gasteiger partial charge in [0.15, 0.2) is 18.3 Å². The summed E-state index contributed by atoms with van der Waals surface area (Å²) in [7, 11) is 0. The highest BCUT2D eigenvalue weighted by atomic mass is 32.1. The third-order valence-corrected chi connectivity index (χ3v) is 6.21. The molecule has 0 spiro atoms. The summed E-state index contributed by atoms with van der Waals surface area (Å²) in [6.45, 7) is 4.33. The average molecular weight is 523 g/mol. The number of ether oxygens (including phenoxy) is 5. The van der Waals surface area contributed by atoms with E-state index in [1.807, 2.05) is 17.5 Å². The highest BCUT2D eigenvalue weighted by Crippen LogP contribution is 2.38. The van der Waals surface area contributed by atoms with E-state index in [9.17, 15) is 23.6 Å². The lowest BCUT2D eigenvalue weighted by molar-refractivity contribution is -0.254. The first-order chi connectivity index (χ1) is 17.0. The number of halogens is 1. The van der Waals surface area contributed by atoms with Crippen LogP contribution in [0, 0.1) is 5.82 Å². The van der Waals surface area contributed by atoms with Crippen molar-refractivity contribution >= 4 is 35.2 Å². The summed E-state index contributed by atoms with van der Waals surface area (Å²) in [6.07, 6.45) is -5.61. The number of hydrogen-bond acceptors (Lipinski definition) is 10. The van der Waals surface area contributed by atoms with Gasteiger partial charge in [0, 0.05) is 39.0 Å². The zero-order valence-electron chi connectivity index (χ0n) is 20.2. The molecule has 0 amide bonds. The molecule has 1 aromatic heterocycles. The number of thiophene rings is 1. The van der Waals surface area contributed by atoms with Crippen molar-refractivity contribution in [2.75, 3.05) is 6.61 Å². The molecule has 0 saturated carbocycles. The molecule has 1 saturated heterocycles. The van der Waals surface area contributed by atoms with Gasteiger partial charge in [0.05, 0.1) is 0 Å². The molecule has 0 unspecified atom stereocenters. The summed E-state index contributed by atoms with van der Waals surface area (Å²) in [5.74, 6) is -3.18. The van der Waals surface area contributed by atoms with Gasteiger partial charge >= 0.3 is 23.9 Å². The van der Waals surface area contributed by atoms with Crippen molar-refractivity contribution in [3.8, 4) is 0 Å². The highest BCUT2D eigenvalue weighted by Gasteiger charge is 2.52. The van der Waals surface area contributed by atoms with Crippen LogP contribution < -0.4 is 0 Å². The summed E-state index contributed by atoms with van der Waals surface area (Å²) in [5, 5.41) is 1.89. The van der Waals surface area contributed by atoms with Gasteiger partial charge in [-0.2, -0.15) is 0 Å². The zero-order chi connectivity index (χ0) is 26.4. The molecule has 9 nitrogen and oxygen atoms in total. The first kappa shape index (κ1) is 27.3. The Balaban J connectivity index is 2.06. The maximum absolute atomic E-state index is 14.7. The standard InChI is InChI=1S/C25H27FO9S/c1-13(27)31-12-21-23(32-14(2)28)25(34-16(4)30)24(33-15(3)29)22(35-21)17-7-8-20(26)18(10-17)11-19-6-5-9-36-19/h5-10,21-25H,11-12H2,1-4H3/t21-,22+,23-,24+,25+/m1/s1. The van der Waals surface area contributed by atoms with Crippen molar-refractivity contribution in [3.05, 3.63) is 57.5 Å². The summed E-state index contributed by atoms with van der Waals surface area (Å²) < 4.78 is 42.3. The minimum absolute atomic E-state index is 0.322. The number of rotatable bonds is 8. The number of hydrogen-bond donors (Lipinski definition) is 0. The Morgan fingerprint density at radius 3 is 2.11 bits per heavy atom. The van der Waals surface area contributed by atoms with Gasteiger partial charge in [-0.05, 0) is 34.7 Å². The van der Waals surface area contributed by atoms with Gasteiger partial charge in [0.1, 0.15) is 24.6 Å². The van der Waals surface area contributed by atoms with Crippen LogP contribution in [0.2, 0.25) is 0 Å². The quantitative estimate of drug-likeness (QED) is 0.381. The molecule has 1 aliphatic heterocycles. The van der Waals surface area contributed by atoms with Crippen LogP contribution in [0.4, 0.5) is 4.39 Å². The van der Waals surface area contributed by atoms with Gasteiger partial charge in [-0.1, -0.05) is 12.1 Å². The SMILES string of the molecule is CC(=O)OC[C@H]1O[C@@H](c2ccc(F)c(Cc3cccs3)c2)[C@H](OC(C)=O)[C@@H](OC(C)=O)[C@@H]1OC(C)=O. The van der Waals surface area contributed by atoms with E-state index in [-0.39, 0.29) is 6.61 Å². The van der Waals surface area contributed by atoms with E-state index in [1.165, 1.54) is 37.3 Å². The third kappa shape index (κ3) is 7.11. The van der Waals surface area contributed by atoms with Crippen LogP contribution in [0.5, 0.6) is 0 Å². The molecular weight excluding hydrogens is 495 g/mol. The Morgan fingerprint density at radius 1 is 0.889 bits per heavy atom. The van der Waals surface area contributed by atoms with Crippen LogP contribution in [0.15, 0.2) is 35.7 Å². The van der Waals surface area contributed by atoms with Gasteiger partial charge < -0.3 is 23.7 Å². The van der Waals surface area contributed by atoms with Crippen molar-refractivity contribution in [1.82, 2.24) is 0 Å². The van der Waals surface area contributed by atoms with E-state index in [2.05, 4.69) is 0 Å². The lowest BCUT2D eigenvalue weighted by atomic mass is 9.89. The topological polar surface area (TPSA) is 114 Å². The van der Waals surface area contributed by atoms with Gasteiger partial charge in [-0.3, -0.25) is 19.2 Å². The Bertz CT molecular complexity index is 1100. The van der Waals surface area contributed by atoms with Crippen molar-refractivity contribution in [2.45, 2.75) is 64.6 Å². The molecule has 0 N–H and O–H groups in total. The molecule has 5 atom stereocenters. The van der Waals surface area contributed by atoms with Crippen LogP contribution in [0.1, 0.15) is 49.8 Å². The van der Waals surface area contributed by atoms with E-state index in [0.29, 0.717) is 17.5 Å². The second-order valence-corrected chi connectivity index (χ2v) is 9.26. The number of carbonyl (C=O) groups excluding carboxylic acids is 4. The normalized spacial score (nSPS) is 23.4. The predicted molar refractivity (Wildman–Crippen MR) is 124 cm³/mol. The van der Waals surface area contributed by atoms with E-state index in [1.54, 1.807) is 6.07 Å². The lowest BCUT2D eigenvalue weighted by Crippen LogP contribution is -2.59. The second-order valence-electron chi connectivity index (χ2n) is 8.23. The smallest absolute Gasteiger partial charge is 0.303 e. The maximum atomic E-state index is 14.7. The molecule has 0 radical (unpaired) electrons. The Morgan fingerprint density at radius 2 is 1.53 bits per heavy atom. The number of esters is 4. The monoisotopic (exact) mass is 522 g/mol. The molecule has 11 heteroatoms. The van der Waals surface area contributed by atoms with Gasteiger partial charge in [0.2, 0.25) is 0 Å². The van der Waals surface area contributed by atoms with E-state index in [4.69, 9.17) is 23.7 Å². The van der Waals surface area contributed by atoms with Gasteiger partial charge in [-0.25, -0.2) is 4.39 Å². The van der Waals surface area contributed by atoms with Crippen LogP contribution in [0.3, 0.4) is 0 Å². The summed E-state index contributed by atoms with van der Waals surface area (Å²) in [4.78, 5) is 48.3. The molecule has 1 aromatic carbocycles. The van der Waals surface area contributed by atoms with Crippen LogP contribution >= 0.6 is 11.3 Å². The fraction of sp³-hybridized carbons (Fsp3) is 0.440. The Kier molecular flexibility index (Phi) is 9.16. The minimum atomic E-state index is -1.29. The van der Waals surface area contributed by atoms with Crippen LogP contribution in [0.25, 0.3) is 0 Å². The largest absolute Gasteiger partial charge is 0.463 e. The molecule has 0 aliphatic carbocycles. The molecule has 2 aromatic rings. The third-order valence-electron chi connectivity index (χ3n) is 5.33. The summed E-state index contributed by atoms with van der Waals surface area (Å²) in [5.41, 5.74) is 0.809. The Labute approximate surface area is 211 Å². The van der Waals surface area contributed by atoms with Crippen LogP contribution in [-0.4, -0.2) is 54.9 Å². The first-order valence-electron chi connectivity index (χ1n) is 11.2. The van der Waals surface area contributed by atoms with Gasteiger partial charge in [0.25, 0.3) is 0 Å². The van der Waals surface area contributed by atoms with Crippen molar-refractivity contribution in [2.24, 2.45) is 0 Å². The second kappa shape index (κ2) is 12.1. The highest BCUT2D eigenvalue weighted by molar-refractivity contribution is 7.09. The van der Waals surface area contributed by atoms with Crippen molar-refractivity contribution in [1.29, 1.82) is 0 Å².